The first-order valence-electron chi connectivity index (χ1n) is 7.58. The molecule has 2 nitrogen and oxygen atoms in total. The quantitative estimate of drug-likeness (QED) is 0.825. The van der Waals surface area contributed by atoms with Crippen molar-refractivity contribution >= 4 is 11.3 Å². The van der Waals surface area contributed by atoms with Gasteiger partial charge in [0.25, 0.3) is 0 Å². The lowest BCUT2D eigenvalue weighted by atomic mass is 10.2. The summed E-state index contributed by atoms with van der Waals surface area (Å²) in [5, 5.41) is 3.49. The molecule has 2 aromatic rings. The van der Waals surface area contributed by atoms with Gasteiger partial charge in [-0.05, 0) is 31.2 Å². The summed E-state index contributed by atoms with van der Waals surface area (Å²) >= 11 is 1.92. The fraction of sp³-hybridized carbons (Fsp3) is 0.444. The number of hydrogen-bond acceptors (Lipinski definition) is 3. The van der Waals surface area contributed by atoms with E-state index >= 15 is 0 Å². The van der Waals surface area contributed by atoms with E-state index in [9.17, 15) is 0 Å². The van der Waals surface area contributed by atoms with E-state index in [1.807, 2.05) is 11.3 Å². The highest BCUT2D eigenvalue weighted by Gasteiger charge is 2.09. The number of aryl methyl sites for hydroxylation is 1. The van der Waals surface area contributed by atoms with Crippen LogP contribution in [0.15, 0.2) is 36.4 Å². The second kappa shape index (κ2) is 7.74. The zero-order chi connectivity index (χ0) is 15.2. The summed E-state index contributed by atoms with van der Waals surface area (Å²) in [6.45, 7) is 9.60. The summed E-state index contributed by atoms with van der Waals surface area (Å²) in [6, 6.07) is 13.6. The van der Waals surface area contributed by atoms with Gasteiger partial charge in [0.1, 0.15) is 0 Å². The summed E-state index contributed by atoms with van der Waals surface area (Å²) in [5.41, 5.74) is 2.83. The fourth-order valence-electron chi connectivity index (χ4n) is 2.38. The minimum absolute atomic E-state index is 0.539. The monoisotopic (exact) mass is 302 g/mol. The van der Waals surface area contributed by atoms with Crippen molar-refractivity contribution in [2.45, 2.75) is 46.4 Å². The van der Waals surface area contributed by atoms with Crippen LogP contribution in [0, 0.1) is 6.92 Å². The van der Waals surface area contributed by atoms with Crippen LogP contribution in [0.4, 0.5) is 0 Å². The molecule has 1 N–H and O–H groups in total. The molecule has 0 radical (unpaired) electrons. The van der Waals surface area contributed by atoms with Crippen LogP contribution in [0.2, 0.25) is 0 Å². The van der Waals surface area contributed by atoms with Gasteiger partial charge in [0.05, 0.1) is 0 Å². The molecule has 0 atom stereocenters. The lowest BCUT2D eigenvalue weighted by Crippen LogP contribution is -2.21. The van der Waals surface area contributed by atoms with Crippen LogP contribution in [0.5, 0.6) is 0 Å². The molecule has 0 fully saturated rings. The summed E-state index contributed by atoms with van der Waals surface area (Å²) in [6.07, 6.45) is 0. The largest absolute Gasteiger partial charge is 0.310 e. The number of hydrogen-bond donors (Lipinski definition) is 1. The fourth-order valence-corrected chi connectivity index (χ4v) is 3.38. The van der Waals surface area contributed by atoms with Crippen molar-refractivity contribution in [3.05, 3.63) is 57.3 Å². The van der Waals surface area contributed by atoms with E-state index in [1.165, 1.54) is 20.9 Å². The summed E-state index contributed by atoms with van der Waals surface area (Å²) in [7, 11) is 2.19. The normalized spacial score (nSPS) is 11.5. The average Bonchev–Trinajstić information content (AvgIpc) is 2.78. The molecule has 0 bridgehead atoms. The van der Waals surface area contributed by atoms with E-state index in [1.54, 1.807) is 0 Å². The Hall–Kier alpha value is -1.16. The lowest BCUT2D eigenvalue weighted by molar-refractivity contribution is 0.319. The number of benzene rings is 1. The topological polar surface area (TPSA) is 15.3 Å². The van der Waals surface area contributed by atoms with Crippen LogP contribution in [-0.4, -0.2) is 18.0 Å². The Morgan fingerprint density at radius 3 is 2.52 bits per heavy atom. The third kappa shape index (κ3) is 5.27. The molecule has 0 saturated carbocycles. The Labute approximate surface area is 132 Å². The SMILES string of the molecule is Cc1sc(CNC(C)C)cc1CN(C)Cc1ccccc1. The maximum absolute atomic E-state index is 3.49. The van der Waals surface area contributed by atoms with Crippen LogP contribution in [-0.2, 0) is 19.6 Å². The van der Waals surface area contributed by atoms with Crippen molar-refractivity contribution in [3.8, 4) is 0 Å². The van der Waals surface area contributed by atoms with Crippen molar-refractivity contribution < 1.29 is 0 Å². The molecule has 1 heterocycles. The van der Waals surface area contributed by atoms with Crippen molar-refractivity contribution in [1.29, 1.82) is 0 Å². The zero-order valence-corrected chi connectivity index (χ0v) is 14.3. The molecule has 1 aromatic carbocycles. The van der Waals surface area contributed by atoms with Crippen molar-refractivity contribution in [2.24, 2.45) is 0 Å². The molecule has 0 aliphatic carbocycles. The van der Waals surface area contributed by atoms with Gasteiger partial charge in [-0.25, -0.2) is 0 Å². The van der Waals surface area contributed by atoms with E-state index in [-0.39, 0.29) is 0 Å². The van der Waals surface area contributed by atoms with E-state index < -0.39 is 0 Å². The summed E-state index contributed by atoms with van der Waals surface area (Å²) in [4.78, 5) is 5.25. The highest BCUT2D eigenvalue weighted by Crippen LogP contribution is 2.23. The molecule has 2 rings (SSSR count). The van der Waals surface area contributed by atoms with Gasteiger partial charge >= 0.3 is 0 Å². The number of rotatable bonds is 7. The molecule has 21 heavy (non-hydrogen) atoms. The standard InChI is InChI=1S/C18H26N2S/c1-14(2)19-11-18-10-17(15(3)21-18)13-20(4)12-16-8-6-5-7-9-16/h5-10,14,19H,11-13H2,1-4H3. The second-order valence-corrected chi connectivity index (χ2v) is 7.33. The Morgan fingerprint density at radius 1 is 1.14 bits per heavy atom. The van der Waals surface area contributed by atoms with Gasteiger partial charge in [-0.2, -0.15) is 0 Å². The maximum Gasteiger partial charge on any atom is 0.0302 e. The first-order chi connectivity index (χ1) is 10.0. The molecule has 0 saturated heterocycles. The minimum atomic E-state index is 0.539. The Balaban J connectivity index is 1.92. The van der Waals surface area contributed by atoms with Crippen molar-refractivity contribution in [2.75, 3.05) is 7.05 Å². The predicted octanol–water partition coefficient (Wildman–Crippen LogP) is 4.19. The van der Waals surface area contributed by atoms with Crippen LogP contribution < -0.4 is 5.32 Å². The van der Waals surface area contributed by atoms with Crippen LogP contribution >= 0.6 is 11.3 Å². The summed E-state index contributed by atoms with van der Waals surface area (Å²) in [5.74, 6) is 0. The third-order valence-electron chi connectivity index (χ3n) is 3.49. The molecular weight excluding hydrogens is 276 g/mol. The smallest absolute Gasteiger partial charge is 0.0302 e. The van der Waals surface area contributed by atoms with Gasteiger partial charge in [-0.3, -0.25) is 4.90 Å². The Bertz CT molecular complexity index is 546. The average molecular weight is 302 g/mol. The number of nitrogens with zero attached hydrogens (tertiary/aromatic N) is 1. The zero-order valence-electron chi connectivity index (χ0n) is 13.5. The minimum Gasteiger partial charge on any atom is -0.310 e. The maximum atomic E-state index is 3.49. The first kappa shape index (κ1) is 16.2. The Kier molecular flexibility index (Phi) is 5.97. The van der Waals surface area contributed by atoms with Gasteiger partial charge in [0, 0.05) is 35.4 Å². The molecule has 0 spiro atoms. The molecule has 0 amide bonds. The molecule has 0 unspecified atom stereocenters. The van der Waals surface area contributed by atoms with E-state index in [0.717, 1.165) is 19.6 Å². The number of thiophene rings is 1. The van der Waals surface area contributed by atoms with Crippen LogP contribution in [0.3, 0.4) is 0 Å². The van der Waals surface area contributed by atoms with E-state index in [0.29, 0.717) is 6.04 Å². The molecule has 3 heteroatoms. The van der Waals surface area contributed by atoms with E-state index in [2.05, 4.69) is 74.4 Å². The lowest BCUT2D eigenvalue weighted by Gasteiger charge is -2.16. The van der Waals surface area contributed by atoms with Crippen LogP contribution in [0.1, 0.15) is 34.7 Å². The van der Waals surface area contributed by atoms with Crippen molar-refractivity contribution in [1.82, 2.24) is 10.2 Å². The molecule has 0 aliphatic heterocycles. The van der Waals surface area contributed by atoms with Gasteiger partial charge in [-0.1, -0.05) is 44.2 Å². The van der Waals surface area contributed by atoms with Gasteiger partial charge < -0.3 is 5.32 Å². The Morgan fingerprint density at radius 2 is 1.86 bits per heavy atom. The van der Waals surface area contributed by atoms with E-state index in [4.69, 9.17) is 0 Å². The van der Waals surface area contributed by atoms with Crippen LogP contribution in [0.25, 0.3) is 0 Å². The van der Waals surface area contributed by atoms with Gasteiger partial charge in [-0.15, -0.1) is 11.3 Å². The highest BCUT2D eigenvalue weighted by atomic mass is 32.1. The third-order valence-corrected chi connectivity index (χ3v) is 4.58. The predicted molar refractivity (Wildman–Crippen MR) is 92.6 cm³/mol. The first-order valence-corrected chi connectivity index (χ1v) is 8.40. The van der Waals surface area contributed by atoms with Gasteiger partial charge in [0.2, 0.25) is 0 Å². The molecule has 114 valence electrons. The molecular formula is C18H26N2S. The highest BCUT2D eigenvalue weighted by molar-refractivity contribution is 7.12. The van der Waals surface area contributed by atoms with Gasteiger partial charge in [0.15, 0.2) is 0 Å². The molecule has 0 aliphatic rings. The molecule has 1 aromatic heterocycles. The second-order valence-electron chi connectivity index (χ2n) is 5.99. The number of nitrogens with one attached hydrogen (secondary N) is 1. The van der Waals surface area contributed by atoms with Crippen molar-refractivity contribution in [3.63, 3.8) is 0 Å². The summed E-state index contributed by atoms with van der Waals surface area (Å²) < 4.78 is 0.